The van der Waals surface area contributed by atoms with Gasteiger partial charge in [-0.1, -0.05) is 71.3 Å². The molecule has 0 unspecified atom stereocenters. The molecule has 0 N–H and O–H groups in total. The summed E-state index contributed by atoms with van der Waals surface area (Å²) in [4.78, 5) is 24.8. The largest absolute Gasteiger partial charge is 0.489 e. The summed E-state index contributed by atoms with van der Waals surface area (Å²) >= 11 is 6.38. The van der Waals surface area contributed by atoms with E-state index in [2.05, 4.69) is 0 Å². The van der Waals surface area contributed by atoms with E-state index >= 15 is 0 Å². The van der Waals surface area contributed by atoms with Crippen LogP contribution in [-0.2, 0) is 9.47 Å². The highest BCUT2D eigenvalue weighted by Gasteiger charge is 2.17. The Morgan fingerprint density at radius 3 is 1.49 bits per heavy atom. The van der Waals surface area contributed by atoms with Gasteiger partial charge in [0.15, 0.2) is 0 Å². The molecule has 0 aromatic heterocycles. The molecule has 0 aliphatic rings. The number of hydrogen-bond donors (Lipinski definition) is 0. The van der Waals surface area contributed by atoms with Crippen molar-refractivity contribution in [2.75, 3.05) is 26.4 Å². The minimum absolute atomic E-state index is 0.0771. The third-order valence-corrected chi connectivity index (χ3v) is 6.82. The Labute approximate surface area is 243 Å². The molecular weight excluding hydrogens is 540 g/mol. The summed E-state index contributed by atoms with van der Waals surface area (Å²) in [5.74, 6) is 0.444. The van der Waals surface area contributed by atoms with Crippen LogP contribution in [-0.4, -0.2) is 38.4 Å². The Hall–Kier alpha value is -4.55. The van der Waals surface area contributed by atoms with Crippen LogP contribution in [0.1, 0.15) is 31.8 Å². The summed E-state index contributed by atoms with van der Waals surface area (Å²) in [5.41, 5.74) is 3.12. The number of ether oxygens (including phenoxy) is 4. The Morgan fingerprint density at radius 2 is 1.00 bits per heavy atom. The molecule has 0 saturated carbocycles. The number of fused-ring (bicyclic) bond motifs is 2. The Balaban J connectivity index is 1.32. The van der Waals surface area contributed by atoms with Crippen molar-refractivity contribution in [2.45, 2.75) is 13.8 Å². The number of benzene rings is 5. The number of carbonyl (C=O) groups excluding carboxylic acids is 2. The van der Waals surface area contributed by atoms with Gasteiger partial charge in [0, 0.05) is 26.6 Å². The van der Waals surface area contributed by atoms with Gasteiger partial charge >= 0.3 is 11.9 Å². The summed E-state index contributed by atoms with van der Waals surface area (Å²) in [7, 11) is 0. The zero-order chi connectivity index (χ0) is 28.8. The van der Waals surface area contributed by atoms with Crippen LogP contribution in [0.25, 0.3) is 21.5 Å². The van der Waals surface area contributed by atoms with E-state index in [1.807, 2.05) is 74.5 Å². The van der Waals surface area contributed by atoms with E-state index in [1.165, 1.54) is 0 Å². The summed E-state index contributed by atoms with van der Waals surface area (Å²) in [6.07, 6.45) is 0. The highest BCUT2D eigenvalue weighted by atomic mass is 35.5. The van der Waals surface area contributed by atoms with E-state index in [0.29, 0.717) is 27.6 Å². The molecule has 5 aromatic carbocycles. The average molecular weight is 569 g/mol. The van der Waals surface area contributed by atoms with Gasteiger partial charge in [-0.25, -0.2) is 9.59 Å². The summed E-state index contributed by atoms with van der Waals surface area (Å²) in [6.45, 7) is 4.39. The fraction of sp³-hybridized carbons (Fsp3) is 0.176. The van der Waals surface area contributed by atoms with Crippen molar-refractivity contribution in [1.82, 2.24) is 0 Å². The molecule has 0 bridgehead atoms. The second kappa shape index (κ2) is 12.7. The van der Waals surface area contributed by atoms with Crippen LogP contribution in [0.2, 0.25) is 5.02 Å². The van der Waals surface area contributed by atoms with Gasteiger partial charge in [-0.15, -0.1) is 0 Å². The lowest BCUT2D eigenvalue weighted by Crippen LogP contribution is -2.13. The Kier molecular flexibility index (Phi) is 8.70. The fourth-order valence-corrected chi connectivity index (χ4v) is 4.66. The first-order valence-electron chi connectivity index (χ1n) is 13.3. The molecule has 0 atom stereocenters. The van der Waals surface area contributed by atoms with Crippen LogP contribution in [0, 0.1) is 13.8 Å². The minimum atomic E-state index is -0.404. The van der Waals surface area contributed by atoms with Crippen molar-refractivity contribution in [3.63, 3.8) is 0 Å². The summed E-state index contributed by atoms with van der Waals surface area (Å²) < 4.78 is 23.3. The second-order valence-corrected chi connectivity index (χ2v) is 10.0. The topological polar surface area (TPSA) is 71.1 Å². The third kappa shape index (κ3) is 6.61. The van der Waals surface area contributed by atoms with Crippen molar-refractivity contribution in [3.05, 3.63) is 118 Å². The van der Waals surface area contributed by atoms with Crippen molar-refractivity contribution in [2.24, 2.45) is 0 Å². The molecule has 0 aliphatic heterocycles. The molecular formula is C34H29ClO6. The van der Waals surface area contributed by atoms with Crippen molar-refractivity contribution >= 4 is 45.1 Å². The quantitative estimate of drug-likeness (QED) is 0.0975. The smallest absolute Gasteiger partial charge is 0.338 e. The number of hydrogen-bond acceptors (Lipinski definition) is 6. The molecule has 0 amide bonds. The molecule has 0 saturated heterocycles. The highest BCUT2D eigenvalue weighted by molar-refractivity contribution is 6.31. The fourth-order valence-electron chi connectivity index (χ4n) is 4.48. The van der Waals surface area contributed by atoms with Gasteiger partial charge in [-0.2, -0.15) is 0 Å². The summed E-state index contributed by atoms with van der Waals surface area (Å²) in [6, 6.07) is 27.6. The maximum atomic E-state index is 12.4. The minimum Gasteiger partial charge on any atom is -0.489 e. The maximum absolute atomic E-state index is 12.4. The average Bonchev–Trinajstić information content (AvgIpc) is 2.98. The Bertz CT molecular complexity index is 1690. The predicted octanol–water partition coefficient (Wildman–Crippen LogP) is 7.73. The lowest BCUT2D eigenvalue weighted by atomic mass is 10.0. The number of esters is 2. The molecule has 6 nitrogen and oxygen atoms in total. The van der Waals surface area contributed by atoms with Gasteiger partial charge < -0.3 is 18.9 Å². The lowest BCUT2D eigenvalue weighted by molar-refractivity contribution is 0.0443. The van der Waals surface area contributed by atoms with Gasteiger partial charge in [0.2, 0.25) is 0 Å². The Morgan fingerprint density at radius 1 is 0.561 bits per heavy atom. The van der Waals surface area contributed by atoms with Crippen LogP contribution < -0.4 is 9.47 Å². The molecule has 0 radical (unpaired) electrons. The SMILES string of the molecule is Cc1ccc(C(=O)OCCOc2c3ccccc3c(OCCOC(=O)c3ccc(C)cc3)c3cc(Cl)ccc23)cc1. The van der Waals surface area contributed by atoms with Gasteiger partial charge in [0.1, 0.15) is 37.9 Å². The summed E-state index contributed by atoms with van der Waals surface area (Å²) in [5, 5.41) is 3.75. The number of rotatable bonds is 10. The first-order chi connectivity index (χ1) is 19.9. The van der Waals surface area contributed by atoms with Crippen LogP contribution >= 0.6 is 11.6 Å². The van der Waals surface area contributed by atoms with Crippen LogP contribution in [0.4, 0.5) is 0 Å². The van der Waals surface area contributed by atoms with E-state index in [9.17, 15) is 9.59 Å². The van der Waals surface area contributed by atoms with E-state index in [-0.39, 0.29) is 26.4 Å². The molecule has 0 heterocycles. The second-order valence-electron chi connectivity index (χ2n) is 9.59. The number of carbonyl (C=O) groups is 2. The first kappa shape index (κ1) is 28.0. The van der Waals surface area contributed by atoms with Gasteiger partial charge in [0.25, 0.3) is 0 Å². The van der Waals surface area contributed by atoms with E-state index in [1.54, 1.807) is 30.3 Å². The van der Waals surface area contributed by atoms with E-state index in [0.717, 1.165) is 32.7 Å². The van der Waals surface area contributed by atoms with Crippen LogP contribution in [0.15, 0.2) is 91.0 Å². The number of halogens is 1. The van der Waals surface area contributed by atoms with Gasteiger partial charge in [-0.05, 0) is 56.3 Å². The molecule has 7 heteroatoms. The van der Waals surface area contributed by atoms with Crippen LogP contribution in [0.3, 0.4) is 0 Å². The maximum Gasteiger partial charge on any atom is 0.338 e. The van der Waals surface area contributed by atoms with Gasteiger partial charge in [-0.3, -0.25) is 0 Å². The molecule has 0 fully saturated rings. The zero-order valence-electron chi connectivity index (χ0n) is 22.8. The molecule has 5 rings (SSSR count). The predicted molar refractivity (Wildman–Crippen MR) is 160 cm³/mol. The highest BCUT2D eigenvalue weighted by Crippen LogP contribution is 2.43. The normalized spacial score (nSPS) is 10.9. The molecule has 5 aromatic rings. The van der Waals surface area contributed by atoms with E-state index < -0.39 is 11.9 Å². The van der Waals surface area contributed by atoms with Crippen molar-refractivity contribution in [1.29, 1.82) is 0 Å². The standard InChI is InChI=1S/C34H29ClO6/c1-22-7-11-24(12-8-22)33(36)40-19-17-38-31-27-5-3-4-6-28(27)32(30-21-26(35)15-16-29(30)31)39-18-20-41-34(37)25-13-9-23(2)10-14-25/h3-16,21H,17-20H2,1-2H3. The van der Waals surface area contributed by atoms with Crippen LogP contribution in [0.5, 0.6) is 11.5 Å². The molecule has 41 heavy (non-hydrogen) atoms. The van der Waals surface area contributed by atoms with Gasteiger partial charge in [0.05, 0.1) is 11.1 Å². The monoisotopic (exact) mass is 568 g/mol. The van der Waals surface area contributed by atoms with Crippen molar-refractivity contribution in [3.8, 4) is 11.5 Å². The molecule has 0 aliphatic carbocycles. The van der Waals surface area contributed by atoms with E-state index in [4.69, 9.17) is 30.5 Å². The lowest BCUT2D eigenvalue weighted by Gasteiger charge is -2.18. The van der Waals surface area contributed by atoms with Crippen molar-refractivity contribution < 1.29 is 28.5 Å². The molecule has 0 spiro atoms. The molecule has 208 valence electrons. The number of aryl methyl sites for hydroxylation is 2. The third-order valence-electron chi connectivity index (χ3n) is 6.59. The first-order valence-corrected chi connectivity index (χ1v) is 13.7. The zero-order valence-corrected chi connectivity index (χ0v) is 23.6.